The van der Waals surface area contributed by atoms with Gasteiger partial charge in [-0.1, -0.05) is 6.42 Å². The Morgan fingerprint density at radius 3 is 2.71 bits per heavy atom. The van der Waals surface area contributed by atoms with Crippen molar-refractivity contribution in [2.45, 2.75) is 25.3 Å². The zero-order chi connectivity index (χ0) is 15.6. The normalized spacial score (nSPS) is 21.0. The fraction of sp³-hybridized carbons (Fsp3) is 0.385. The lowest BCUT2D eigenvalue weighted by Gasteiger charge is -2.17. The second-order valence-electron chi connectivity index (χ2n) is 4.88. The van der Waals surface area contributed by atoms with E-state index in [1.807, 2.05) is 0 Å². The SMILES string of the molecule is O=C(NC1CCCC1C(=O)O)c1ccc(F)c([N+](=O)[O-])c1. The number of aliphatic carboxylic acids is 1. The van der Waals surface area contributed by atoms with Gasteiger partial charge in [-0.15, -0.1) is 0 Å². The highest BCUT2D eigenvalue weighted by Gasteiger charge is 2.34. The summed E-state index contributed by atoms with van der Waals surface area (Å²) in [5, 5.41) is 22.2. The highest BCUT2D eigenvalue weighted by Crippen LogP contribution is 2.26. The van der Waals surface area contributed by atoms with Gasteiger partial charge >= 0.3 is 11.7 Å². The van der Waals surface area contributed by atoms with Gasteiger partial charge in [0.05, 0.1) is 10.8 Å². The van der Waals surface area contributed by atoms with E-state index in [2.05, 4.69) is 5.32 Å². The number of carbonyl (C=O) groups is 2. The van der Waals surface area contributed by atoms with Crippen molar-refractivity contribution in [1.82, 2.24) is 5.32 Å². The summed E-state index contributed by atoms with van der Waals surface area (Å²) < 4.78 is 13.2. The fourth-order valence-corrected chi connectivity index (χ4v) is 2.47. The molecule has 2 rings (SSSR count). The molecule has 2 atom stereocenters. The number of nitrogens with zero attached hydrogens (tertiary/aromatic N) is 1. The third-order valence-electron chi connectivity index (χ3n) is 3.55. The predicted octanol–water partition coefficient (Wildman–Crippen LogP) is 1.72. The number of nitro benzene ring substituents is 1. The van der Waals surface area contributed by atoms with Crippen molar-refractivity contribution >= 4 is 17.6 Å². The molecule has 8 heteroatoms. The molecule has 1 amide bonds. The Bertz CT molecular complexity index is 604. The molecule has 0 aromatic heterocycles. The van der Waals surface area contributed by atoms with E-state index in [4.69, 9.17) is 5.11 Å². The van der Waals surface area contributed by atoms with Crippen LogP contribution in [-0.2, 0) is 4.79 Å². The van der Waals surface area contributed by atoms with Crippen LogP contribution in [0.25, 0.3) is 0 Å². The molecule has 2 N–H and O–H groups in total. The molecule has 0 saturated heterocycles. The number of nitro groups is 1. The molecule has 1 aromatic rings. The van der Waals surface area contributed by atoms with E-state index in [0.717, 1.165) is 18.2 Å². The molecule has 1 aliphatic carbocycles. The smallest absolute Gasteiger partial charge is 0.308 e. The zero-order valence-corrected chi connectivity index (χ0v) is 10.9. The third kappa shape index (κ3) is 3.15. The van der Waals surface area contributed by atoms with Crippen LogP contribution in [0.5, 0.6) is 0 Å². The number of hydrogen-bond donors (Lipinski definition) is 2. The predicted molar refractivity (Wildman–Crippen MR) is 69.3 cm³/mol. The van der Waals surface area contributed by atoms with Gasteiger partial charge in [0.15, 0.2) is 0 Å². The lowest BCUT2D eigenvalue weighted by molar-refractivity contribution is -0.387. The largest absolute Gasteiger partial charge is 0.481 e. The summed E-state index contributed by atoms with van der Waals surface area (Å²) in [6.07, 6.45) is 1.70. The summed E-state index contributed by atoms with van der Waals surface area (Å²) in [6, 6.07) is 2.30. The summed E-state index contributed by atoms with van der Waals surface area (Å²) in [5.41, 5.74) is -0.858. The van der Waals surface area contributed by atoms with E-state index in [-0.39, 0.29) is 5.56 Å². The first-order chi connectivity index (χ1) is 9.90. The lowest BCUT2D eigenvalue weighted by atomic mass is 10.0. The number of rotatable bonds is 4. The Labute approximate surface area is 118 Å². The summed E-state index contributed by atoms with van der Waals surface area (Å²) in [4.78, 5) is 32.8. The molecule has 112 valence electrons. The molecule has 1 saturated carbocycles. The van der Waals surface area contributed by atoms with Crippen LogP contribution >= 0.6 is 0 Å². The lowest BCUT2D eigenvalue weighted by Crippen LogP contribution is -2.40. The maximum atomic E-state index is 13.2. The van der Waals surface area contributed by atoms with E-state index in [9.17, 15) is 24.1 Å². The van der Waals surface area contributed by atoms with E-state index < -0.39 is 40.3 Å². The minimum atomic E-state index is -1.03. The highest BCUT2D eigenvalue weighted by molar-refractivity contribution is 5.95. The van der Waals surface area contributed by atoms with Crippen LogP contribution in [0.1, 0.15) is 29.6 Å². The van der Waals surface area contributed by atoms with Gasteiger partial charge in [0.1, 0.15) is 0 Å². The summed E-state index contributed by atoms with van der Waals surface area (Å²) in [5.74, 6) is -3.32. The van der Waals surface area contributed by atoms with Crippen LogP contribution in [0.2, 0.25) is 0 Å². The van der Waals surface area contributed by atoms with E-state index in [1.54, 1.807) is 0 Å². The van der Waals surface area contributed by atoms with Crippen LogP contribution in [-0.4, -0.2) is 27.9 Å². The first-order valence-corrected chi connectivity index (χ1v) is 6.37. The number of halogens is 1. The first kappa shape index (κ1) is 14.9. The number of carboxylic acids is 1. The molecule has 0 spiro atoms. The fourth-order valence-electron chi connectivity index (χ4n) is 2.47. The molecule has 1 aliphatic rings. The average molecular weight is 296 g/mol. The number of amides is 1. The molecule has 1 fully saturated rings. The minimum Gasteiger partial charge on any atom is -0.481 e. The van der Waals surface area contributed by atoms with E-state index in [1.165, 1.54) is 0 Å². The molecular weight excluding hydrogens is 283 g/mol. The number of hydrogen-bond acceptors (Lipinski definition) is 4. The Balaban J connectivity index is 2.15. The van der Waals surface area contributed by atoms with Crippen molar-refractivity contribution in [1.29, 1.82) is 0 Å². The summed E-state index contributed by atoms with van der Waals surface area (Å²) in [7, 11) is 0. The van der Waals surface area contributed by atoms with Crippen LogP contribution in [0.3, 0.4) is 0 Å². The Kier molecular flexibility index (Phi) is 4.15. The van der Waals surface area contributed by atoms with Crippen molar-refractivity contribution < 1.29 is 24.0 Å². The Morgan fingerprint density at radius 1 is 1.38 bits per heavy atom. The molecule has 1 aromatic carbocycles. The third-order valence-corrected chi connectivity index (χ3v) is 3.55. The number of carboxylic acid groups (broad SMARTS) is 1. The monoisotopic (exact) mass is 296 g/mol. The molecule has 0 bridgehead atoms. The van der Waals surface area contributed by atoms with Crippen molar-refractivity contribution in [3.05, 3.63) is 39.7 Å². The van der Waals surface area contributed by atoms with Gasteiger partial charge in [-0.05, 0) is 25.0 Å². The second kappa shape index (κ2) is 5.86. The van der Waals surface area contributed by atoms with Crippen LogP contribution in [0.4, 0.5) is 10.1 Å². The maximum absolute atomic E-state index is 13.2. The molecule has 0 radical (unpaired) electrons. The topological polar surface area (TPSA) is 110 Å². The average Bonchev–Trinajstić information content (AvgIpc) is 2.87. The molecule has 2 unspecified atom stereocenters. The van der Waals surface area contributed by atoms with Crippen LogP contribution in [0, 0.1) is 21.8 Å². The molecule has 0 aliphatic heterocycles. The zero-order valence-electron chi connectivity index (χ0n) is 10.9. The first-order valence-electron chi connectivity index (χ1n) is 6.37. The van der Waals surface area contributed by atoms with Crippen molar-refractivity contribution in [2.24, 2.45) is 5.92 Å². The summed E-state index contributed by atoms with van der Waals surface area (Å²) >= 11 is 0. The van der Waals surface area contributed by atoms with Gasteiger partial charge in [-0.3, -0.25) is 19.7 Å². The van der Waals surface area contributed by atoms with Gasteiger partial charge < -0.3 is 10.4 Å². The van der Waals surface area contributed by atoms with Gasteiger partial charge in [0, 0.05) is 17.7 Å². The Morgan fingerprint density at radius 2 is 2.10 bits per heavy atom. The van der Waals surface area contributed by atoms with Crippen molar-refractivity contribution in [3.8, 4) is 0 Å². The minimum absolute atomic E-state index is 0.0702. The van der Waals surface area contributed by atoms with Crippen LogP contribution < -0.4 is 5.32 Å². The quantitative estimate of drug-likeness (QED) is 0.649. The standard InChI is InChI=1S/C13H13FN2O5/c14-9-5-4-7(6-11(9)16(20)21)12(17)15-10-3-1-2-8(10)13(18)19/h4-6,8,10H,1-3H2,(H,15,17)(H,18,19). The van der Waals surface area contributed by atoms with Crippen molar-refractivity contribution in [2.75, 3.05) is 0 Å². The molecule has 7 nitrogen and oxygen atoms in total. The van der Waals surface area contributed by atoms with Gasteiger partial charge in [-0.25, -0.2) is 0 Å². The van der Waals surface area contributed by atoms with Crippen molar-refractivity contribution in [3.63, 3.8) is 0 Å². The molecular formula is C13H13FN2O5. The van der Waals surface area contributed by atoms with Gasteiger partial charge in [-0.2, -0.15) is 4.39 Å². The number of benzene rings is 1. The summed E-state index contributed by atoms with van der Waals surface area (Å²) in [6.45, 7) is 0. The Hall–Kier alpha value is -2.51. The van der Waals surface area contributed by atoms with E-state index >= 15 is 0 Å². The molecule has 0 heterocycles. The van der Waals surface area contributed by atoms with E-state index in [0.29, 0.717) is 19.3 Å². The molecule has 21 heavy (non-hydrogen) atoms. The second-order valence-corrected chi connectivity index (χ2v) is 4.88. The maximum Gasteiger partial charge on any atom is 0.308 e. The number of carbonyl (C=O) groups excluding carboxylic acids is 1. The van der Waals surface area contributed by atoms with Crippen LogP contribution in [0.15, 0.2) is 18.2 Å². The number of nitrogens with one attached hydrogen (secondary N) is 1. The van der Waals surface area contributed by atoms with Gasteiger partial charge in [0.25, 0.3) is 5.91 Å². The highest BCUT2D eigenvalue weighted by atomic mass is 19.1. The van der Waals surface area contributed by atoms with Gasteiger partial charge in [0.2, 0.25) is 5.82 Å².